The van der Waals surface area contributed by atoms with Crippen molar-refractivity contribution in [1.82, 2.24) is 15.3 Å². The molecule has 2 rings (SSSR count). The van der Waals surface area contributed by atoms with Crippen LogP contribution in [0.25, 0.3) is 0 Å². The van der Waals surface area contributed by atoms with Gasteiger partial charge in [0.1, 0.15) is 0 Å². The SMILES string of the molecule is CC(C)CNC(=O)c1cnc(NCC2CCCO2)nc1. The van der Waals surface area contributed by atoms with Crippen LogP contribution in [-0.4, -0.2) is 41.7 Å². The summed E-state index contributed by atoms with van der Waals surface area (Å²) >= 11 is 0. The van der Waals surface area contributed by atoms with Gasteiger partial charge < -0.3 is 15.4 Å². The third-order valence-corrected chi connectivity index (χ3v) is 3.10. The Labute approximate surface area is 119 Å². The molecule has 0 spiro atoms. The molecule has 2 N–H and O–H groups in total. The van der Waals surface area contributed by atoms with Crippen molar-refractivity contribution in [3.8, 4) is 0 Å². The first kappa shape index (κ1) is 14.7. The van der Waals surface area contributed by atoms with E-state index in [2.05, 4.69) is 34.4 Å². The van der Waals surface area contributed by atoms with Gasteiger partial charge in [-0.25, -0.2) is 9.97 Å². The highest BCUT2D eigenvalue weighted by atomic mass is 16.5. The average molecular weight is 278 g/mol. The van der Waals surface area contributed by atoms with Crippen LogP contribution in [0.4, 0.5) is 5.95 Å². The minimum atomic E-state index is -0.135. The van der Waals surface area contributed by atoms with Crippen molar-refractivity contribution in [2.45, 2.75) is 32.8 Å². The number of rotatable bonds is 6. The van der Waals surface area contributed by atoms with Gasteiger partial charge in [0.2, 0.25) is 5.95 Å². The molecule has 1 saturated heterocycles. The monoisotopic (exact) mass is 278 g/mol. The summed E-state index contributed by atoms with van der Waals surface area (Å²) < 4.78 is 5.51. The molecule has 6 heteroatoms. The van der Waals surface area contributed by atoms with Crippen molar-refractivity contribution in [2.24, 2.45) is 5.92 Å². The summed E-state index contributed by atoms with van der Waals surface area (Å²) in [7, 11) is 0. The summed E-state index contributed by atoms with van der Waals surface area (Å²) in [6.45, 7) is 6.29. The molecule has 1 fully saturated rings. The lowest BCUT2D eigenvalue weighted by molar-refractivity contribution is 0.0948. The Morgan fingerprint density at radius 3 is 2.80 bits per heavy atom. The molecule has 6 nitrogen and oxygen atoms in total. The number of hydrogen-bond donors (Lipinski definition) is 2. The van der Waals surface area contributed by atoms with Gasteiger partial charge in [0.15, 0.2) is 0 Å². The third-order valence-electron chi connectivity index (χ3n) is 3.10. The van der Waals surface area contributed by atoms with Gasteiger partial charge in [-0.2, -0.15) is 0 Å². The molecule has 0 bridgehead atoms. The topological polar surface area (TPSA) is 76.1 Å². The van der Waals surface area contributed by atoms with E-state index in [4.69, 9.17) is 4.74 Å². The Morgan fingerprint density at radius 1 is 1.45 bits per heavy atom. The Hall–Kier alpha value is -1.69. The number of nitrogens with one attached hydrogen (secondary N) is 2. The summed E-state index contributed by atoms with van der Waals surface area (Å²) in [4.78, 5) is 20.1. The summed E-state index contributed by atoms with van der Waals surface area (Å²) in [5, 5.41) is 5.96. The number of anilines is 1. The lowest BCUT2D eigenvalue weighted by atomic mass is 10.2. The maximum atomic E-state index is 11.8. The normalized spacial score (nSPS) is 18.2. The van der Waals surface area contributed by atoms with Gasteiger partial charge >= 0.3 is 0 Å². The van der Waals surface area contributed by atoms with Crippen molar-refractivity contribution in [1.29, 1.82) is 0 Å². The first-order chi connectivity index (χ1) is 9.65. The van der Waals surface area contributed by atoms with E-state index in [1.54, 1.807) is 12.4 Å². The van der Waals surface area contributed by atoms with Crippen molar-refractivity contribution in [3.05, 3.63) is 18.0 Å². The van der Waals surface area contributed by atoms with Crippen LogP contribution < -0.4 is 10.6 Å². The van der Waals surface area contributed by atoms with E-state index in [0.29, 0.717) is 30.5 Å². The van der Waals surface area contributed by atoms with Crippen LogP contribution in [0, 0.1) is 5.92 Å². The molecule has 110 valence electrons. The van der Waals surface area contributed by atoms with Gasteiger partial charge in [-0.3, -0.25) is 4.79 Å². The predicted molar refractivity (Wildman–Crippen MR) is 76.7 cm³/mol. The Morgan fingerprint density at radius 2 is 2.20 bits per heavy atom. The van der Waals surface area contributed by atoms with E-state index >= 15 is 0 Å². The smallest absolute Gasteiger partial charge is 0.254 e. The second kappa shape index (κ2) is 7.19. The van der Waals surface area contributed by atoms with E-state index in [-0.39, 0.29) is 12.0 Å². The summed E-state index contributed by atoms with van der Waals surface area (Å²) in [6, 6.07) is 0. The first-order valence-electron chi connectivity index (χ1n) is 7.11. The number of carbonyl (C=O) groups is 1. The number of amides is 1. The highest BCUT2D eigenvalue weighted by Gasteiger charge is 2.15. The average Bonchev–Trinajstić information content (AvgIpc) is 2.96. The molecule has 1 aromatic heterocycles. The van der Waals surface area contributed by atoms with Crippen molar-refractivity contribution < 1.29 is 9.53 Å². The second-order valence-corrected chi connectivity index (χ2v) is 5.42. The number of carbonyl (C=O) groups excluding carboxylic acids is 1. The zero-order valence-electron chi connectivity index (χ0n) is 12.1. The molecule has 1 unspecified atom stereocenters. The maximum absolute atomic E-state index is 11.8. The van der Waals surface area contributed by atoms with Gasteiger partial charge in [0, 0.05) is 32.1 Å². The van der Waals surface area contributed by atoms with Crippen LogP contribution in [0.3, 0.4) is 0 Å². The van der Waals surface area contributed by atoms with Crippen molar-refractivity contribution >= 4 is 11.9 Å². The molecule has 1 aliphatic rings. The van der Waals surface area contributed by atoms with Crippen LogP contribution in [-0.2, 0) is 4.74 Å². The fraction of sp³-hybridized carbons (Fsp3) is 0.643. The Bertz CT molecular complexity index is 427. The van der Waals surface area contributed by atoms with E-state index in [0.717, 1.165) is 19.4 Å². The van der Waals surface area contributed by atoms with E-state index in [9.17, 15) is 4.79 Å². The third kappa shape index (κ3) is 4.45. The molecular formula is C14H22N4O2. The van der Waals surface area contributed by atoms with Gasteiger partial charge in [-0.1, -0.05) is 13.8 Å². The lowest BCUT2D eigenvalue weighted by Crippen LogP contribution is -2.27. The minimum absolute atomic E-state index is 0.135. The number of nitrogens with zero attached hydrogens (tertiary/aromatic N) is 2. The van der Waals surface area contributed by atoms with E-state index < -0.39 is 0 Å². The van der Waals surface area contributed by atoms with Crippen LogP contribution >= 0.6 is 0 Å². The Kier molecular flexibility index (Phi) is 5.29. The zero-order valence-corrected chi connectivity index (χ0v) is 12.1. The lowest BCUT2D eigenvalue weighted by Gasteiger charge is -2.11. The van der Waals surface area contributed by atoms with Crippen LogP contribution in [0.5, 0.6) is 0 Å². The van der Waals surface area contributed by atoms with E-state index in [1.165, 1.54) is 0 Å². The zero-order chi connectivity index (χ0) is 14.4. The highest BCUT2D eigenvalue weighted by Crippen LogP contribution is 2.12. The Balaban J connectivity index is 1.80. The van der Waals surface area contributed by atoms with Crippen molar-refractivity contribution in [3.63, 3.8) is 0 Å². The standard InChI is InChI=1S/C14H22N4O2/c1-10(2)6-15-13(19)11-7-16-14(17-8-11)18-9-12-4-3-5-20-12/h7-8,10,12H,3-6,9H2,1-2H3,(H,15,19)(H,16,17,18). The molecule has 1 aliphatic heterocycles. The highest BCUT2D eigenvalue weighted by molar-refractivity contribution is 5.93. The molecular weight excluding hydrogens is 256 g/mol. The van der Waals surface area contributed by atoms with E-state index in [1.807, 2.05) is 0 Å². The molecule has 0 aromatic carbocycles. The molecule has 1 amide bonds. The molecule has 20 heavy (non-hydrogen) atoms. The molecule has 0 aliphatic carbocycles. The van der Waals surface area contributed by atoms with Gasteiger partial charge in [0.25, 0.3) is 5.91 Å². The largest absolute Gasteiger partial charge is 0.376 e. The minimum Gasteiger partial charge on any atom is -0.376 e. The number of ether oxygens (including phenoxy) is 1. The van der Waals surface area contributed by atoms with Crippen LogP contribution in [0.15, 0.2) is 12.4 Å². The van der Waals surface area contributed by atoms with Gasteiger partial charge in [0.05, 0.1) is 11.7 Å². The van der Waals surface area contributed by atoms with Gasteiger partial charge in [-0.15, -0.1) is 0 Å². The maximum Gasteiger partial charge on any atom is 0.254 e. The molecule has 0 radical (unpaired) electrons. The summed E-state index contributed by atoms with van der Waals surface area (Å²) in [5.74, 6) is 0.817. The van der Waals surface area contributed by atoms with Crippen LogP contribution in [0.2, 0.25) is 0 Å². The first-order valence-corrected chi connectivity index (χ1v) is 7.11. The molecule has 2 heterocycles. The number of aromatic nitrogens is 2. The molecule has 0 saturated carbocycles. The predicted octanol–water partition coefficient (Wildman–Crippen LogP) is 1.45. The fourth-order valence-electron chi connectivity index (χ4n) is 1.95. The summed E-state index contributed by atoms with van der Waals surface area (Å²) in [6.07, 6.45) is 5.51. The molecule has 1 atom stereocenters. The number of hydrogen-bond acceptors (Lipinski definition) is 5. The van der Waals surface area contributed by atoms with Crippen LogP contribution in [0.1, 0.15) is 37.0 Å². The van der Waals surface area contributed by atoms with Gasteiger partial charge in [-0.05, 0) is 18.8 Å². The fourth-order valence-corrected chi connectivity index (χ4v) is 1.95. The molecule has 1 aromatic rings. The van der Waals surface area contributed by atoms with Crippen molar-refractivity contribution in [2.75, 3.05) is 25.0 Å². The summed E-state index contributed by atoms with van der Waals surface area (Å²) in [5.41, 5.74) is 0.480. The quantitative estimate of drug-likeness (QED) is 0.823. The second-order valence-electron chi connectivity index (χ2n) is 5.42.